The summed E-state index contributed by atoms with van der Waals surface area (Å²) in [6, 6.07) is 0. The van der Waals surface area contributed by atoms with Gasteiger partial charge in [0, 0.05) is 6.42 Å². The van der Waals surface area contributed by atoms with Crippen molar-refractivity contribution in [3.05, 3.63) is 23.8 Å². The van der Waals surface area contributed by atoms with E-state index in [9.17, 15) is 0 Å². The fraction of sp³-hybridized carbons (Fsp3) is 0.739. The minimum Gasteiger partial charge on any atom is -0.107 e. The Kier molecular flexibility index (Phi) is 8.01. The van der Waals surface area contributed by atoms with Crippen LogP contribution in [0, 0.1) is 35.5 Å². The Morgan fingerprint density at radius 3 is 2.83 bits per heavy atom. The van der Waals surface area contributed by atoms with E-state index in [2.05, 4.69) is 43.9 Å². The standard InChI is InChI=1S/C23H36/c1-4-7-9-12-20-17-22-16-15-21(23(22)18-20)14-10-13-19(6-3)11-8-5-2/h10,12,14,19,21-23H,4,6-7,9,11,13,15-18H2,1-3H3/b14-10+,20-12+. The summed E-state index contributed by atoms with van der Waals surface area (Å²) in [7, 11) is 0. The van der Waals surface area contributed by atoms with Gasteiger partial charge in [-0.2, -0.15) is 0 Å². The van der Waals surface area contributed by atoms with Gasteiger partial charge in [-0.15, -0.1) is 11.8 Å². The first-order chi connectivity index (χ1) is 11.3. The highest BCUT2D eigenvalue weighted by molar-refractivity contribution is 5.16. The quantitative estimate of drug-likeness (QED) is 0.259. The van der Waals surface area contributed by atoms with Gasteiger partial charge < -0.3 is 0 Å². The van der Waals surface area contributed by atoms with Gasteiger partial charge in [0.2, 0.25) is 0 Å². The molecule has 0 aromatic carbocycles. The van der Waals surface area contributed by atoms with E-state index >= 15 is 0 Å². The van der Waals surface area contributed by atoms with Crippen LogP contribution in [0.3, 0.4) is 0 Å². The van der Waals surface area contributed by atoms with Crippen LogP contribution >= 0.6 is 0 Å². The normalized spacial score (nSPS) is 29.7. The highest BCUT2D eigenvalue weighted by atomic mass is 14.4. The second kappa shape index (κ2) is 10.0. The largest absolute Gasteiger partial charge is 0.107 e. The summed E-state index contributed by atoms with van der Waals surface area (Å²) in [5, 5.41) is 0. The van der Waals surface area contributed by atoms with Crippen LogP contribution in [-0.4, -0.2) is 0 Å². The number of unbranched alkanes of at least 4 members (excludes halogenated alkanes) is 2. The molecule has 0 aliphatic heterocycles. The smallest absolute Gasteiger partial charge is 0.0120 e. The Balaban J connectivity index is 1.81. The van der Waals surface area contributed by atoms with Crippen molar-refractivity contribution < 1.29 is 0 Å². The summed E-state index contributed by atoms with van der Waals surface area (Å²) in [6.45, 7) is 6.54. The fourth-order valence-corrected chi connectivity index (χ4v) is 4.48. The lowest BCUT2D eigenvalue weighted by molar-refractivity contribution is 0.404. The number of hydrogen-bond acceptors (Lipinski definition) is 0. The van der Waals surface area contributed by atoms with Crippen LogP contribution in [-0.2, 0) is 0 Å². The van der Waals surface area contributed by atoms with Gasteiger partial charge in [0.1, 0.15) is 0 Å². The second-order valence-corrected chi connectivity index (χ2v) is 7.65. The Bertz CT molecular complexity index is 456. The van der Waals surface area contributed by atoms with Crippen molar-refractivity contribution in [2.75, 3.05) is 0 Å². The minimum absolute atomic E-state index is 0.754. The van der Waals surface area contributed by atoms with Gasteiger partial charge in [-0.05, 0) is 69.1 Å². The third kappa shape index (κ3) is 5.56. The zero-order chi connectivity index (χ0) is 16.5. The second-order valence-electron chi connectivity index (χ2n) is 7.65. The van der Waals surface area contributed by atoms with Crippen LogP contribution in [0.1, 0.15) is 85.0 Å². The topological polar surface area (TPSA) is 0 Å². The zero-order valence-corrected chi connectivity index (χ0v) is 15.6. The van der Waals surface area contributed by atoms with E-state index in [0.29, 0.717) is 0 Å². The monoisotopic (exact) mass is 312 g/mol. The molecule has 2 aliphatic rings. The molecule has 0 radical (unpaired) electrons. The van der Waals surface area contributed by atoms with Crippen molar-refractivity contribution in [1.82, 2.24) is 0 Å². The molecule has 0 N–H and O–H groups in total. The maximum Gasteiger partial charge on any atom is 0.0120 e. The van der Waals surface area contributed by atoms with E-state index < -0.39 is 0 Å². The van der Waals surface area contributed by atoms with Crippen molar-refractivity contribution in [3.63, 3.8) is 0 Å². The van der Waals surface area contributed by atoms with Gasteiger partial charge in [0.05, 0.1) is 0 Å². The number of rotatable bonds is 8. The summed E-state index contributed by atoms with van der Waals surface area (Å²) >= 11 is 0. The first kappa shape index (κ1) is 18.4. The molecule has 2 aliphatic carbocycles. The molecule has 0 spiro atoms. The minimum atomic E-state index is 0.754. The van der Waals surface area contributed by atoms with Crippen LogP contribution < -0.4 is 0 Å². The molecule has 0 heteroatoms. The average molecular weight is 313 g/mol. The van der Waals surface area contributed by atoms with Crippen LogP contribution in [0.15, 0.2) is 23.8 Å². The third-order valence-corrected chi connectivity index (χ3v) is 6.04. The van der Waals surface area contributed by atoms with Gasteiger partial charge in [-0.3, -0.25) is 0 Å². The number of hydrogen-bond donors (Lipinski definition) is 0. The molecular formula is C23H36. The molecule has 0 amide bonds. The molecular weight excluding hydrogens is 276 g/mol. The summed E-state index contributed by atoms with van der Waals surface area (Å²) < 4.78 is 0. The Hall–Kier alpha value is -0.960. The van der Waals surface area contributed by atoms with E-state index in [1.54, 1.807) is 5.57 Å². The molecule has 2 fully saturated rings. The molecule has 0 saturated heterocycles. The van der Waals surface area contributed by atoms with Gasteiger partial charge >= 0.3 is 0 Å². The Morgan fingerprint density at radius 1 is 1.22 bits per heavy atom. The van der Waals surface area contributed by atoms with Crippen LogP contribution in [0.2, 0.25) is 0 Å². The van der Waals surface area contributed by atoms with Crippen molar-refractivity contribution in [3.8, 4) is 11.8 Å². The molecule has 0 bridgehead atoms. The van der Waals surface area contributed by atoms with Gasteiger partial charge in [-0.25, -0.2) is 0 Å². The van der Waals surface area contributed by atoms with E-state index in [0.717, 1.165) is 30.1 Å². The van der Waals surface area contributed by atoms with Gasteiger partial charge in [0.25, 0.3) is 0 Å². The predicted octanol–water partition coefficient (Wildman–Crippen LogP) is 6.93. The molecule has 4 unspecified atom stereocenters. The van der Waals surface area contributed by atoms with Crippen LogP contribution in [0.4, 0.5) is 0 Å². The molecule has 2 saturated carbocycles. The fourth-order valence-electron chi connectivity index (χ4n) is 4.48. The highest BCUT2D eigenvalue weighted by Crippen LogP contribution is 2.50. The SMILES string of the molecule is CC#CCC(CC)C/C=C/C1CCC2C/C(=C\CCCC)CC12. The zero-order valence-electron chi connectivity index (χ0n) is 15.6. The maximum absolute atomic E-state index is 3.25. The summed E-state index contributed by atoms with van der Waals surface area (Å²) in [5.41, 5.74) is 1.77. The molecule has 0 nitrogen and oxygen atoms in total. The first-order valence-corrected chi connectivity index (χ1v) is 10.0. The molecule has 23 heavy (non-hydrogen) atoms. The Morgan fingerprint density at radius 2 is 2.09 bits per heavy atom. The van der Waals surface area contributed by atoms with Gasteiger partial charge in [-0.1, -0.05) is 56.9 Å². The van der Waals surface area contributed by atoms with E-state index in [1.165, 1.54) is 57.8 Å². The molecule has 4 atom stereocenters. The van der Waals surface area contributed by atoms with E-state index in [1.807, 2.05) is 6.92 Å². The highest BCUT2D eigenvalue weighted by Gasteiger charge is 2.39. The van der Waals surface area contributed by atoms with E-state index in [4.69, 9.17) is 0 Å². The lowest BCUT2D eigenvalue weighted by Crippen LogP contribution is -2.06. The maximum atomic E-state index is 3.25. The molecule has 0 aromatic heterocycles. The van der Waals surface area contributed by atoms with Crippen molar-refractivity contribution >= 4 is 0 Å². The van der Waals surface area contributed by atoms with Crippen molar-refractivity contribution in [1.29, 1.82) is 0 Å². The van der Waals surface area contributed by atoms with E-state index in [-0.39, 0.29) is 0 Å². The van der Waals surface area contributed by atoms with Crippen molar-refractivity contribution in [2.24, 2.45) is 23.7 Å². The van der Waals surface area contributed by atoms with Crippen LogP contribution in [0.5, 0.6) is 0 Å². The Labute approximate surface area is 144 Å². The lowest BCUT2D eigenvalue weighted by Gasteiger charge is -2.15. The number of fused-ring (bicyclic) bond motifs is 1. The summed E-state index contributed by atoms with van der Waals surface area (Å²) in [6.07, 6.45) is 20.8. The predicted molar refractivity (Wildman–Crippen MR) is 102 cm³/mol. The van der Waals surface area contributed by atoms with Gasteiger partial charge in [0.15, 0.2) is 0 Å². The first-order valence-electron chi connectivity index (χ1n) is 10.0. The van der Waals surface area contributed by atoms with Crippen molar-refractivity contribution in [2.45, 2.75) is 85.0 Å². The average Bonchev–Trinajstić information content (AvgIpc) is 3.12. The molecule has 2 rings (SSSR count). The third-order valence-electron chi connectivity index (χ3n) is 6.04. The molecule has 0 aromatic rings. The summed E-state index contributed by atoms with van der Waals surface area (Å²) in [5.74, 6) is 9.84. The molecule has 128 valence electrons. The number of allylic oxidation sites excluding steroid dienone is 4. The van der Waals surface area contributed by atoms with Crippen LogP contribution in [0.25, 0.3) is 0 Å². The summed E-state index contributed by atoms with van der Waals surface area (Å²) in [4.78, 5) is 0. The molecule has 0 heterocycles. The lowest BCUT2D eigenvalue weighted by atomic mass is 9.90.